The predicted molar refractivity (Wildman–Crippen MR) is 65.9 cm³/mol. The predicted octanol–water partition coefficient (Wildman–Crippen LogP) is 3.87. The molecule has 0 spiro atoms. The van der Waals surface area contributed by atoms with E-state index in [2.05, 4.69) is 31.0 Å². The zero-order valence-corrected chi connectivity index (χ0v) is 10.5. The normalized spacial score (nSPS) is 19.1. The van der Waals surface area contributed by atoms with Gasteiger partial charge in [0.2, 0.25) is 0 Å². The first-order chi connectivity index (χ1) is 7.27. The van der Waals surface area contributed by atoms with Crippen molar-refractivity contribution >= 4 is 0 Å². The number of rotatable bonds is 1. The van der Waals surface area contributed by atoms with Gasteiger partial charge in [-0.2, -0.15) is 0 Å². The molecular weight excluding hydrogens is 182 g/mol. The summed E-state index contributed by atoms with van der Waals surface area (Å²) in [5.41, 5.74) is 2.81. The van der Waals surface area contributed by atoms with Crippen molar-refractivity contribution in [1.82, 2.24) is 4.98 Å². The highest BCUT2D eigenvalue weighted by atomic mass is 14.7. The van der Waals surface area contributed by atoms with E-state index in [4.69, 9.17) is 0 Å². The number of aromatic nitrogens is 1. The Morgan fingerprint density at radius 1 is 1.33 bits per heavy atom. The van der Waals surface area contributed by atoms with Gasteiger partial charge in [0.1, 0.15) is 0 Å². The van der Waals surface area contributed by atoms with Gasteiger partial charge in [-0.05, 0) is 42.7 Å². The smallest absolute Gasteiger partial charge is 0.0435 e. The lowest BCUT2D eigenvalue weighted by Crippen LogP contribution is -2.19. The Morgan fingerprint density at radius 3 is 2.73 bits per heavy atom. The third-order valence-electron chi connectivity index (χ3n) is 3.16. The Hall–Kier alpha value is -0.850. The molecule has 0 N–H and O–H groups in total. The summed E-state index contributed by atoms with van der Waals surface area (Å²) in [6.45, 7) is 8.65. The van der Waals surface area contributed by atoms with Crippen molar-refractivity contribution in [3.05, 3.63) is 29.6 Å². The summed E-state index contributed by atoms with van der Waals surface area (Å²) in [5.74, 6) is 1.69. The van der Waals surface area contributed by atoms with E-state index in [1.54, 1.807) is 0 Å². The second-order valence-corrected chi connectivity index (χ2v) is 4.36. The monoisotopic (exact) mass is 205 g/mol. The Balaban J connectivity index is 0.000000531. The molecule has 1 heteroatoms. The van der Waals surface area contributed by atoms with Gasteiger partial charge in [0.25, 0.3) is 0 Å². The molecule has 1 unspecified atom stereocenters. The van der Waals surface area contributed by atoms with E-state index in [0.29, 0.717) is 0 Å². The first-order valence-electron chi connectivity index (χ1n) is 6.20. The second-order valence-electron chi connectivity index (χ2n) is 4.36. The minimum Gasteiger partial charge on any atom is -0.261 e. The summed E-state index contributed by atoms with van der Waals surface area (Å²) < 4.78 is 0. The van der Waals surface area contributed by atoms with Crippen molar-refractivity contribution in [3.8, 4) is 0 Å². The summed E-state index contributed by atoms with van der Waals surface area (Å²) in [5, 5.41) is 0. The molecule has 1 atom stereocenters. The minimum absolute atomic E-state index is 0.813. The number of aryl methyl sites for hydroxylation is 1. The van der Waals surface area contributed by atoms with E-state index in [0.717, 1.165) is 11.8 Å². The van der Waals surface area contributed by atoms with Crippen molar-refractivity contribution in [2.24, 2.45) is 11.8 Å². The fourth-order valence-electron chi connectivity index (χ4n) is 2.16. The average molecular weight is 205 g/mol. The van der Waals surface area contributed by atoms with Crippen molar-refractivity contribution in [1.29, 1.82) is 0 Å². The van der Waals surface area contributed by atoms with Crippen LogP contribution in [-0.4, -0.2) is 4.98 Å². The zero-order valence-electron chi connectivity index (χ0n) is 10.5. The van der Waals surface area contributed by atoms with Crippen LogP contribution in [0.3, 0.4) is 0 Å². The van der Waals surface area contributed by atoms with Gasteiger partial charge >= 0.3 is 0 Å². The molecule has 0 fully saturated rings. The number of fused-ring (bicyclic) bond motifs is 1. The van der Waals surface area contributed by atoms with E-state index in [9.17, 15) is 0 Å². The van der Waals surface area contributed by atoms with E-state index in [1.807, 2.05) is 20.0 Å². The van der Waals surface area contributed by atoms with Crippen molar-refractivity contribution in [2.45, 2.75) is 47.0 Å². The van der Waals surface area contributed by atoms with Crippen LogP contribution in [-0.2, 0) is 12.8 Å². The van der Waals surface area contributed by atoms with Gasteiger partial charge in [-0.15, -0.1) is 0 Å². The fourth-order valence-corrected chi connectivity index (χ4v) is 2.16. The summed E-state index contributed by atoms with van der Waals surface area (Å²) >= 11 is 0. The maximum absolute atomic E-state index is 4.41. The molecule has 0 aliphatic heterocycles. The lowest BCUT2D eigenvalue weighted by molar-refractivity contribution is 0.340. The Bertz CT molecular complexity index is 291. The van der Waals surface area contributed by atoms with Gasteiger partial charge in [-0.25, -0.2) is 0 Å². The van der Waals surface area contributed by atoms with Crippen LogP contribution >= 0.6 is 0 Å². The molecule has 1 heterocycles. The maximum Gasteiger partial charge on any atom is 0.0435 e. The van der Waals surface area contributed by atoms with Crippen molar-refractivity contribution in [3.63, 3.8) is 0 Å². The summed E-state index contributed by atoms with van der Waals surface area (Å²) in [6, 6.07) is 4.29. The van der Waals surface area contributed by atoms with Gasteiger partial charge in [-0.3, -0.25) is 4.98 Å². The zero-order chi connectivity index (χ0) is 11.3. The van der Waals surface area contributed by atoms with Crippen LogP contribution in [0.15, 0.2) is 18.3 Å². The lowest BCUT2D eigenvalue weighted by atomic mass is 9.80. The molecular formula is C14H23N. The van der Waals surface area contributed by atoms with Crippen LogP contribution in [0.2, 0.25) is 0 Å². The summed E-state index contributed by atoms with van der Waals surface area (Å²) in [6.07, 6.45) is 5.65. The van der Waals surface area contributed by atoms with Crippen molar-refractivity contribution in [2.75, 3.05) is 0 Å². The molecule has 0 aromatic carbocycles. The molecule has 0 saturated heterocycles. The third kappa shape index (κ3) is 3.05. The highest BCUT2D eigenvalue weighted by molar-refractivity contribution is 5.23. The van der Waals surface area contributed by atoms with E-state index in [-0.39, 0.29) is 0 Å². The number of pyridine rings is 1. The first kappa shape index (κ1) is 12.2. The maximum atomic E-state index is 4.41. The number of nitrogens with zero attached hydrogens (tertiary/aromatic N) is 1. The molecule has 0 radical (unpaired) electrons. The molecule has 0 amide bonds. The SMILES string of the molecule is CC.CC(C)C1CCc2ncccc2C1. The van der Waals surface area contributed by atoms with Crippen LogP contribution < -0.4 is 0 Å². The molecule has 1 aromatic rings. The number of hydrogen-bond donors (Lipinski definition) is 0. The highest BCUT2D eigenvalue weighted by Crippen LogP contribution is 2.28. The second kappa shape index (κ2) is 5.89. The van der Waals surface area contributed by atoms with Crippen LogP contribution in [0.4, 0.5) is 0 Å². The Labute approximate surface area is 93.9 Å². The number of hydrogen-bond acceptors (Lipinski definition) is 1. The molecule has 0 saturated carbocycles. The quantitative estimate of drug-likeness (QED) is 0.678. The van der Waals surface area contributed by atoms with E-state index in [1.165, 1.54) is 30.5 Å². The van der Waals surface area contributed by atoms with Gasteiger partial charge in [0, 0.05) is 11.9 Å². The standard InChI is InChI=1S/C12H17N.C2H6/c1-9(2)10-5-6-12-11(8-10)4-3-7-13-12;1-2/h3-4,7,9-10H,5-6,8H2,1-2H3;1-2H3. The molecule has 1 aliphatic rings. The van der Waals surface area contributed by atoms with Crippen molar-refractivity contribution < 1.29 is 0 Å². The Kier molecular flexibility index (Phi) is 4.80. The van der Waals surface area contributed by atoms with E-state index < -0.39 is 0 Å². The molecule has 1 nitrogen and oxygen atoms in total. The van der Waals surface area contributed by atoms with Crippen LogP contribution in [0, 0.1) is 11.8 Å². The molecule has 1 aliphatic carbocycles. The van der Waals surface area contributed by atoms with Gasteiger partial charge in [0.15, 0.2) is 0 Å². The summed E-state index contributed by atoms with van der Waals surface area (Å²) in [7, 11) is 0. The third-order valence-corrected chi connectivity index (χ3v) is 3.16. The lowest BCUT2D eigenvalue weighted by Gasteiger charge is -2.26. The molecule has 15 heavy (non-hydrogen) atoms. The molecule has 1 aromatic heterocycles. The topological polar surface area (TPSA) is 12.9 Å². The van der Waals surface area contributed by atoms with E-state index >= 15 is 0 Å². The summed E-state index contributed by atoms with van der Waals surface area (Å²) in [4.78, 5) is 4.41. The molecule has 84 valence electrons. The minimum atomic E-state index is 0.813. The van der Waals surface area contributed by atoms with Crippen LogP contribution in [0.5, 0.6) is 0 Å². The molecule has 2 rings (SSSR count). The first-order valence-corrected chi connectivity index (χ1v) is 6.20. The van der Waals surface area contributed by atoms with Crippen LogP contribution in [0.25, 0.3) is 0 Å². The van der Waals surface area contributed by atoms with Gasteiger partial charge in [-0.1, -0.05) is 33.8 Å². The van der Waals surface area contributed by atoms with Gasteiger partial charge < -0.3 is 0 Å². The average Bonchev–Trinajstić information content (AvgIpc) is 2.31. The highest BCUT2D eigenvalue weighted by Gasteiger charge is 2.21. The molecule has 0 bridgehead atoms. The van der Waals surface area contributed by atoms with Gasteiger partial charge in [0.05, 0.1) is 0 Å². The largest absolute Gasteiger partial charge is 0.261 e. The Morgan fingerprint density at radius 2 is 2.07 bits per heavy atom. The van der Waals surface area contributed by atoms with Crippen LogP contribution in [0.1, 0.15) is 45.4 Å². The fraction of sp³-hybridized carbons (Fsp3) is 0.643.